The van der Waals surface area contributed by atoms with Crippen molar-refractivity contribution < 1.29 is 39.0 Å². The highest BCUT2D eigenvalue weighted by atomic mass is 16.3. The zero-order valence-electron chi connectivity index (χ0n) is 20.9. The summed E-state index contributed by atoms with van der Waals surface area (Å²) in [5.41, 5.74) is 16.1. The number of hydrogen-bond donors (Lipinski definition) is 8. The topological polar surface area (TPSA) is 260 Å². The third-order valence-corrected chi connectivity index (χ3v) is 5.87. The number of unbranched alkanes of at least 4 members (excludes halogenated alkanes) is 1. The van der Waals surface area contributed by atoms with Gasteiger partial charge < -0.3 is 48.3 Å². The van der Waals surface area contributed by atoms with Gasteiger partial charge in [-0.05, 0) is 45.6 Å². The summed E-state index contributed by atoms with van der Waals surface area (Å²) < 4.78 is 0. The van der Waals surface area contributed by atoms with Gasteiger partial charge in [-0.3, -0.25) is 28.8 Å². The van der Waals surface area contributed by atoms with E-state index in [0.29, 0.717) is 32.2 Å². The Kier molecular flexibility index (Phi) is 13.7. The predicted molar refractivity (Wildman–Crippen MR) is 130 cm³/mol. The van der Waals surface area contributed by atoms with Gasteiger partial charge in [-0.25, -0.2) is 0 Å². The fourth-order valence-corrected chi connectivity index (χ4v) is 3.81. The molecule has 37 heavy (non-hydrogen) atoms. The Hall–Kier alpha value is -3.14. The first kappa shape index (κ1) is 31.9. The number of carbonyl (C=O) groups is 5. The first-order valence-corrected chi connectivity index (χ1v) is 12.1. The first-order chi connectivity index (χ1) is 17.5. The lowest BCUT2D eigenvalue weighted by Crippen LogP contribution is -2.60. The highest BCUT2D eigenvalue weighted by Gasteiger charge is 2.36. The third kappa shape index (κ3) is 10.0. The molecule has 1 fully saturated rings. The molecular weight excluding hydrogens is 490 g/mol. The molecule has 1 radical (unpaired) electrons. The largest absolute Gasteiger partial charge is 0.394 e. The van der Waals surface area contributed by atoms with E-state index in [1.165, 1.54) is 11.8 Å². The van der Waals surface area contributed by atoms with Crippen LogP contribution in [0.4, 0.5) is 0 Å². The van der Waals surface area contributed by atoms with Gasteiger partial charge in [-0.15, -0.1) is 0 Å². The van der Waals surface area contributed by atoms with E-state index in [4.69, 9.17) is 17.2 Å². The molecule has 6 atom stereocenters. The molecule has 0 spiro atoms. The van der Waals surface area contributed by atoms with Crippen LogP contribution < -0.4 is 33.2 Å². The number of aliphatic hydroxyl groups excluding tert-OH is 2. The van der Waals surface area contributed by atoms with Crippen molar-refractivity contribution in [1.82, 2.24) is 20.9 Å². The number of amides is 5. The van der Waals surface area contributed by atoms with E-state index in [9.17, 15) is 39.0 Å². The summed E-state index contributed by atoms with van der Waals surface area (Å²) in [6.45, 7) is 1.07. The van der Waals surface area contributed by atoms with Gasteiger partial charge in [0.25, 0.3) is 0 Å². The molecule has 1 aliphatic heterocycles. The number of nitrogens with one attached hydrogen (secondary N) is 3. The van der Waals surface area contributed by atoms with Crippen LogP contribution in [0, 0.1) is 0 Å². The Labute approximate surface area is 214 Å². The summed E-state index contributed by atoms with van der Waals surface area (Å²) >= 11 is 0. The van der Waals surface area contributed by atoms with Crippen LogP contribution in [0.5, 0.6) is 0 Å². The molecule has 1 aliphatic rings. The standard InChI is InChI=1S/C22H38N7O8/c1-12(32)18(28-19(34)14(24)9-17(25)33)21(36)26-15(6-2-3-7-23)20(35)27-16(11-31)22(37)29-8-4-5-13(29)10-30/h12-16,18,31-32H,2-9,11,23-24H2,1H3,(H2,25,33)(H,26,36)(H,27,35)(H,28,34)/t12-,13+,14+,15+,16+,18+/m1/s1. The second kappa shape index (κ2) is 15.9. The van der Waals surface area contributed by atoms with E-state index in [1.54, 1.807) is 6.29 Å². The number of likely N-dealkylation sites (tertiary alicyclic amines) is 1. The molecular formula is C22H38N7O8. The lowest BCUT2D eigenvalue weighted by atomic mass is 10.1. The van der Waals surface area contributed by atoms with Gasteiger partial charge in [0.05, 0.1) is 31.2 Å². The molecule has 0 aliphatic carbocycles. The highest BCUT2D eigenvalue weighted by Crippen LogP contribution is 2.16. The monoisotopic (exact) mass is 528 g/mol. The molecule has 209 valence electrons. The maximum atomic E-state index is 13.0. The number of primary amides is 1. The number of nitrogens with zero attached hydrogens (tertiary/aromatic N) is 1. The van der Waals surface area contributed by atoms with E-state index in [1.807, 2.05) is 0 Å². The van der Waals surface area contributed by atoms with E-state index >= 15 is 0 Å². The van der Waals surface area contributed by atoms with Crippen LogP contribution in [0.3, 0.4) is 0 Å². The van der Waals surface area contributed by atoms with Crippen LogP contribution in [0.1, 0.15) is 45.4 Å². The first-order valence-electron chi connectivity index (χ1n) is 12.1. The molecule has 0 saturated carbocycles. The molecule has 1 saturated heterocycles. The van der Waals surface area contributed by atoms with Crippen molar-refractivity contribution >= 4 is 35.8 Å². The number of hydrogen-bond acceptors (Lipinski definition) is 10. The SMILES string of the molecule is C[C@@H](O)[C@H](NC(=O)[C@@H](N)CC(N)=O)C(=O)N[C@@H](CCCCN)C(=O)N[C@@H](CO)C(=O)N1CCC[C@H]1[C]=O. The van der Waals surface area contributed by atoms with Crippen LogP contribution >= 0.6 is 0 Å². The Morgan fingerprint density at radius 1 is 1.05 bits per heavy atom. The van der Waals surface area contributed by atoms with Gasteiger partial charge in [-0.1, -0.05) is 0 Å². The van der Waals surface area contributed by atoms with Crippen molar-refractivity contribution in [2.45, 2.75) is 81.8 Å². The van der Waals surface area contributed by atoms with Gasteiger partial charge in [0.1, 0.15) is 18.1 Å². The van der Waals surface area contributed by atoms with Gasteiger partial charge in [-0.2, -0.15) is 0 Å². The van der Waals surface area contributed by atoms with Gasteiger partial charge in [0.15, 0.2) is 0 Å². The number of rotatable bonds is 16. The molecule has 15 heteroatoms. The molecule has 15 nitrogen and oxygen atoms in total. The molecule has 5 amide bonds. The Bertz CT molecular complexity index is 825. The minimum atomic E-state index is -1.53. The van der Waals surface area contributed by atoms with Crippen LogP contribution in [-0.4, -0.2) is 107 Å². The van der Waals surface area contributed by atoms with Crippen molar-refractivity contribution in [2.24, 2.45) is 17.2 Å². The molecule has 0 unspecified atom stereocenters. The van der Waals surface area contributed by atoms with Crippen molar-refractivity contribution in [3.8, 4) is 0 Å². The van der Waals surface area contributed by atoms with Crippen LogP contribution in [0.2, 0.25) is 0 Å². The average molecular weight is 529 g/mol. The second-order valence-corrected chi connectivity index (χ2v) is 8.90. The normalized spacial score (nSPS) is 19.2. The summed E-state index contributed by atoms with van der Waals surface area (Å²) in [7, 11) is 0. The molecule has 1 heterocycles. The zero-order valence-corrected chi connectivity index (χ0v) is 20.9. The lowest BCUT2D eigenvalue weighted by molar-refractivity contribution is -0.139. The summed E-state index contributed by atoms with van der Waals surface area (Å²) in [5.74, 6) is -4.14. The van der Waals surface area contributed by atoms with Crippen LogP contribution in [0.25, 0.3) is 0 Å². The Morgan fingerprint density at radius 3 is 2.24 bits per heavy atom. The lowest BCUT2D eigenvalue weighted by Gasteiger charge is -2.28. The van der Waals surface area contributed by atoms with E-state index in [-0.39, 0.29) is 13.0 Å². The van der Waals surface area contributed by atoms with E-state index in [2.05, 4.69) is 16.0 Å². The average Bonchev–Trinajstić information content (AvgIpc) is 3.32. The summed E-state index contributed by atoms with van der Waals surface area (Å²) in [6, 6.07) is -6.24. The van der Waals surface area contributed by atoms with Crippen molar-refractivity contribution in [1.29, 1.82) is 0 Å². The maximum absolute atomic E-state index is 13.0. The molecule has 0 aromatic carbocycles. The fourth-order valence-electron chi connectivity index (χ4n) is 3.81. The zero-order chi connectivity index (χ0) is 28.1. The number of carbonyl (C=O) groups excluding carboxylic acids is 6. The third-order valence-electron chi connectivity index (χ3n) is 5.87. The number of aliphatic hydroxyl groups is 2. The van der Waals surface area contributed by atoms with Crippen molar-refractivity contribution in [3.63, 3.8) is 0 Å². The number of nitrogens with two attached hydrogens (primary N) is 3. The van der Waals surface area contributed by atoms with Crippen LogP contribution in [0.15, 0.2) is 0 Å². The highest BCUT2D eigenvalue weighted by molar-refractivity contribution is 5.96. The quantitative estimate of drug-likeness (QED) is 0.0886. The minimum Gasteiger partial charge on any atom is -0.394 e. The Balaban J connectivity index is 2.97. The molecule has 11 N–H and O–H groups in total. The maximum Gasteiger partial charge on any atom is 0.248 e. The minimum absolute atomic E-state index is 0.0945. The van der Waals surface area contributed by atoms with Crippen molar-refractivity contribution in [3.05, 3.63) is 0 Å². The summed E-state index contributed by atoms with van der Waals surface area (Å²) in [6.07, 6.45) is 1.90. The molecule has 0 aromatic heterocycles. The van der Waals surface area contributed by atoms with Gasteiger partial charge in [0, 0.05) is 6.54 Å². The fraction of sp³-hybridized carbons (Fsp3) is 0.727. The predicted octanol–water partition coefficient (Wildman–Crippen LogP) is -4.75. The summed E-state index contributed by atoms with van der Waals surface area (Å²) in [4.78, 5) is 74.3. The Morgan fingerprint density at radius 2 is 1.70 bits per heavy atom. The molecule has 1 rings (SSSR count). The van der Waals surface area contributed by atoms with E-state index < -0.39 is 78.9 Å². The van der Waals surface area contributed by atoms with Gasteiger partial charge >= 0.3 is 0 Å². The second-order valence-electron chi connectivity index (χ2n) is 8.90. The summed E-state index contributed by atoms with van der Waals surface area (Å²) in [5, 5.41) is 26.8. The van der Waals surface area contributed by atoms with E-state index in [0.717, 1.165) is 0 Å². The molecule has 0 bridgehead atoms. The van der Waals surface area contributed by atoms with Crippen LogP contribution in [-0.2, 0) is 28.8 Å². The van der Waals surface area contributed by atoms with Crippen molar-refractivity contribution in [2.75, 3.05) is 19.7 Å². The van der Waals surface area contributed by atoms with Gasteiger partial charge in [0.2, 0.25) is 35.8 Å². The molecule has 0 aromatic rings. The smallest absolute Gasteiger partial charge is 0.248 e.